The van der Waals surface area contributed by atoms with Gasteiger partial charge >= 0.3 is 0 Å². The third-order valence-corrected chi connectivity index (χ3v) is 5.78. The maximum atomic E-state index is 12.9. The lowest BCUT2D eigenvalue weighted by molar-refractivity contribution is -0.214. The van der Waals surface area contributed by atoms with Crippen LogP contribution in [0.25, 0.3) is 0 Å². The van der Waals surface area contributed by atoms with Crippen molar-refractivity contribution in [2.24, 2.45) is 5.92 Å². The van der Waals surface area contributed by atoms with Gasteiger partial charge in [0.2, 0.25) is 0 Å². The minimum absolute atomic E-state index is 0.158. The van der Waals surface area contributed by atoms with Crippen LogP contribution in [-0.4, -0.2) is 19.1 Å². The van der Waals surface area contributed by atoms with E-state index in [-0.39, 0.29) is 12.6 Å². The van der Waals surface area contributed by atoms with Gasteiger partial charge < -0.3 is 10.1 Å². The van der Waals surface area contributed by atoms with Crippen molar-refractivity contribution in [1.29, 1.82) is 0 Å². The van der Waals surface area contributed by atoms with Gasteiger partial charge in [-0.2, -0.15) is 4.94 Å². The highest BCUT2D eigenvalue weighted by atomic mass is 19.3. The van der Waals surface area contributed by atoms with Gasteiger partial charge in [-0.3, -0.25) is 0 Å². The van der Waals surface area contributed by atoms with E-state index in [2.05, 4.69) is 30.2 Å². The Bertz CT molecular complexity index is 794. The summed E-state index contributed by atoms with van der Waals surface area (Å²) in [5, 5.41) is 3.12. The van der Waals surface area contributed by atoms with E-state index in [1.54, 1.807) is 0 Å². The summed E-state index contributed by atoms with van der Waals surface area (Å²) in [5.41, 5.74) is 2.14. The van der Waals surface area contributed by atoms with Crippen molar-refractivity contribution < 1.29 is 23.0 Å². The van der Waals surface area contributed by atoms with E-state index < -0.39 is 12.5 Å². The molecule has 164 valence electrons. The molecule has 1 fully saturated rings. The third-order valence-electron chi connectivity index (χ3n) is 5.78. The van der Waals surface area contributed by atoms with E-state index in [1.165, 1.54) is 5.56 Å². The second kappa shape index (κ2) is 10.8. The summed E-state index contributed by atoms with van der Waals surface area (Å²) >= 11 is 0. The first kappa shape index (κ1) is 22.6. The first-order chi connectivity index (χ1) is 14.5. The fourth-order valence-electron chi connectivity index (χ4n) is 4.09. The number of alkyl halides is 2. The molecule has 2 unspecified atom stereocenters. The number of ether oxygens (including phenoxy) is 1. The Morgan fingerprint density at radius 1 is 0.967 bits per heavy atom. The lowest BCUT2D eigenvalue weighted by Crippen LogP contribution is -2.37. The second-order valence-corrected chi connectivity index (χ2v) is 8.29. The summed E-state index contributed by atoms with van der Waals surface area (Å²) in [6, 6.07) is 15.5. The van der Waals surface area contributed by atoms with E-state index in [4.69, 9.17) is 4.74 Å². The van der Waals surface area contributed by atoms with Gasteiger partial charge in [0.15, 0.2) is 6.10 Å². The molecule has 2 atom stereocenters. The van der Waals surface area contributed by atoms with Crippen molar-refractivity contribution in [3.8, 4) is 11.5 Å². The molecule has 2 aromatic rings. The van der Waals surface area contributed by atoms with Crippen LogP contribution in [0.5, 0.6) is 11.5 Å². The van der Waals surface area contributed by atoms with E-state index >= 15 is 0 Å². The molecule has 0 heterocycles. The van der Waals surface area contributed by atoms with Crippen molar-refractivity contribution >= 4 is 0 Å². The molecule has 0 aromatic heterocycles. The van der Waals surface area contributed by atoms with Gasteiger partial charge in [0.1, 0.15) is 11.5 Å². The quantitative estimate of drug-likeness (QED) is 0.450. The van der Waals surface area contributed by atoms with Crippen LogP contribution >= 0.6 is 0 Å². The molecular weight excluding hydrogens is 391 g/mol. The molecule has 0 spiro atoms. The maximum absolute atomic E-state index is 12.9. The van der Waals surface area contributed by atoms with Gasteiger partial charge in [0.25, 0.3) is 6.43 Å². The Labute approximate surface area is 176 Å². The number of rotatable bonds is 10. The fraction of sp³-hybridized carbons (Fsp3) is 0.500. The molecular formula is C24H30F3NO2. The molecule has 3 rings (SSSR count). The van der Waals surface area contributed by atoms with Gasteiger partial charge in [0, 0.05) is 12.6 Å². The summed E-state index contributed by atoms with van der Waals surface area (Å²) in [4.78, 5) is 3.46. The minimum Gasteiger partial charge on any atom is -0.457 e. The van der Waals surface area contributed by atoms with E-state index in [1.807, 2.05) is 42.5 Å². The van der Waals surface area contributed by atoms with E-state index in [0.717, 1.165) is 37.0 Å². The molecule has 30 heavy (non-hydrogen) atoms. The summed E-state index contributed by atoms with van der Waals surface area (Å²) in [6.45, 7) is 4.01. The topological polar surface area (TPSA) is 30.5 Å². The average Bonchev–Trinajstić information content (AvgIpc) is 3.26. The van der Waals surface area contributed by atoms with Gasteiger partial charge in [-0.25, -0.2) is 8.78 Å². The van der Waals surface area contributed by atoms with Crippen LogP contribution in [0.3, 0.4) is 0 Å². The minimum atomic E-state index is -2.88. The molecule has 6 heteroatoms. The van der Waals surface area contributed by atoms with Crippen LogP contribution in [0.2, 0.25) is 0 Å². The largest absolute Gasteiger partial charge is 0.457 e. The summed E-state index contributed by atoms with van der Waals surface area (Å²) in [6.07, 6.45) is -0.413. The van der Waals surface area contributed by atoms with Crippen LogP contribution in [0.4, 0.5) is 13.3 Å². The predicted molar refractivity (Wildman–Crippen MR) is 112 cm³/mol. The van der Waals surface area contributed by atoms with Crippen molar-refractivity contribution in [3.05, 3.63) is 59.7 Å². The Morgan fingerprint density at radius 2 is 1.57 bits per heavy atom. The number of nitrogens with one attached hydrogen (secondary N) is 1. The monoisotopic (exact) mass is 421 g/mol. The highest BCUT2D eigenvalue weighted by Gasteiger charge is 2.29. The average molecular weight is 422 g/mol. The molecule has 3 nitrogen and oxygen atoms in total. The Morgan fingerprint density at radius 3 is 2.13 bits per heavy atom. The molecule has 1 aliphatic carbocycles. The SMILES string of the molecule is CC(C)c1cccc(Oc2cccc(C(NCC(OF)C(F)F)C3CCCC3)c2)c1. The van der Waals surface area contributed by atoms with Gasteiger partial charge in [-0.15, -0.1) is 0 Å². The molecule has 1 N–H and O–H groups in total. The predicted octanol–water partition coefficient (Wildman–Crippen LogP) is 6.96. The third kappa shape index (κ3) is 5.99. The molecule has 0 bridgehead atoms. The lowest BCUT2D eigenvalue weighted by atomic mass is 9.91. The zero-order valence-electron chi connectivity index (χ0n) is 17.5. The van der Waals surface area contributed by atoms with Gasteiger partial charge in [-0.1, -0.05) is 51.0 Å². The van der Waals surface area contributed by atoms with Crippen LogP contribution in [-0.2, 0) is 4.94 Å². The number of hydrogen-bond acceptors (Lipinski definition) is 3. The van der Waals surface area contributed by atoms with Crippen molar-refractivity contribution in [2.75, 3.05) is 6.54 Å². The molecule has 0 aliphatic heterocycles. The smallest absolute Gasteiger partial charge is 0.269 e. The van der Waals surface area contributed by atoms with Crippen molar-refractivity contribution in [1.82, 2.24) is 5.32 Å². The summed E-state index contributed by atoms with van der Waals surface area (Å²) < 4.78 is 44.4. The van der Waals surface area contributed by atoms with Gasteiger partial charge in [0.05, 0.1) is 0 Å². The van der Waals surface area contributed by atoms with Gasteiger partial charge in [-0.05, 0) is 64.6 Å². The molecule has 2 aromatic carbocycles. The molecule has 1 aliphatic rings. The fourth-order valence-corrected chi connectivity index (χ4v) is 4.09. The first-order valence-electron chi connectivity index (χ1n) is 10.6. The van der Waals surface area contributed by atoms with E-state index in [0.29, 0.717) is 17.6 Å². The van der Waals surface area contributed by atoms with Crippen LogP contribution in [0, 0.1) is 5.92 Å². The van der Waals surface area contributed by atoms with Crippen LogP contribution in [0.1, 0.15) is 62.6 Å². The molecule has 0 saturated heterocycles. The number of hydrogen-bond donors (Lipinski definition) is 1. The molecule has 0 radical (unpaired) electrons. The standard InChI is InChI=1S/C24H30F3NO2/c1-16(2)18-9-5-11-20(13-18)29-21-12-6-10-19(14-21)23(17-7-3-4-8-17)28-15-22(30-27)24(25)26/h5-6,9-14,16-17,22-24,28H,3-4,7-8,15H2,1-2H3. The highest BCUT2D eigenvalue weighted by molar-refractivity contribution is 5.37. The normalized spacial score (nSPS) is 16.9. The first-order valence-corrected chi connectivity index (χ1v) is 10.6. The van der Waals surface area contributed by atoms with Crippen molar-refractivity contribution in [2.45, 2.75) is 64.0 Å². The van der Waals surface area contributed by atoms with E-state index in [9.17, 15) is 13.3 Å². The molecule has 1 saturated carbocycles. The summed E-state index contributed by atoms with van der Waals surface area (Å²) in [7, 11) is 0. The van der Waals surface area contributed by atoms with Crippen LogP contribution in [0.15, 0.2) is 48.5 Å². The number of halogens is 3. The Balaban J connectivity index is 1.78. The second-order valence-electron chi connectivity index (χ2n) is 8.29. The number of benzene rings is 2. The zero-order chi connectivity index (χ0) is 21.5. The Hall–Kier alpha value is -2.05. The zero-order valence-corrected chi connectivity index (χ0v) is 17.5. The highest BCUT2D eigenvalue weighted by Crippen LogP contribution is 2.37. The summed E-state index contributed by atoms with van der Waals surface area (Å²) in [5.74, 6) is 2.15. The van der Waals surface area contributed by atoms with Crippen LogP contribution < -0.4 is 10.1 Å². The maximum Gasteiger partial charge on any atom is 0.269 e. The van der Waals surface area contributed by atoms with Crippen molar-refractivity contribution in [3.63, 3.8) is 0 Å². The Kier molecular flexibility index (Phi) is 8.16. The molecule has 0 amide bonds. The lowest BCUT2D eigenvalue weighted by Gasteiger charge is -2.27.